The lowest BCUT2D eigenvalue weighted by Gasteiger charge is -2.44. The minimum absolute atomic E-state index is 0.0197. The van der Waals surface area contributed by atoms with E-state index in [0.717, 1.165) is 36.0 Å². The molecule has 3 fully saturated rings. The van der Waals surface area contributed by atoms with Gasteiger partial charge in [-0.2, -0.15) is 5.10 Å². The first-order chi connectivity index (χ1) is 12.2. The maximum absolute atomic E-state index is 13.0. The molecule has 1 aromatic heterocycles. The standard InChI is InChI=1S/C18H28N4O3S/c1-12-13(2)19-22(14(12)3)9-18(23)21-7-6-20(8-15-4-5-15)16-10-26(24,25)11-17(16)21/h15-17H,4-11H2,1-3H3. The first-order valence-corrected chi connectivity index (χ1v) is 11.3. The Bertz CT molecular complexity index is 828. The van der Waals surface area contributed by atoms with Crippen LogP contribution in [0.25, 0.3) is 0 Å². The van der Waals surface area contributed by atoms with Crippen LogP contribution < -0.4 is 0 Å². The molecule has 0 aromatic carbocycles. The van der Waals surface area contributed by atoms with Crippen molar-refractivity contribution in [2.45, 2.75) is 52.2 Å². The molecule has 1 aromatic rings. The molecule has 2 aliphatic heterocycles. The number of hydrogen-bond donors (Lipinski definition) is 0. The molecule has 2 unspecified atom stereocenters. The van der Waals surface area contributed by atoms with E-state index in [4.69, 9.17) is 0 Å². The Morgan fingerprint density at radius 3 is 2.42 bits per heavy atom. The molecule has 1 saturated carbocycles. The highest BCUT2D eigenvalue weighted by Crippen LogP contribution is 2.34. The first-order valence-electron chi connectivity index (χ1n) is 9.50. The summed E-state index contributed by atoms with van der Waals surface area (Å²) in [5.74, 6) is 0.987. The smallest absolute Gasteiger partial charge is 0.244 e. The number of fused-ring (bicyclic) bond motifs is 1. The van der Waals surface area contributed by atoms with Gasteiger partial charge in [0.1, 0.15) is 6.54 Å². The molecule has 2 saturated heterocycles. The van der Waals surface area contributed by atoms with Crippen LogP contribution in [0.4, 0.5) is 0 Å². The third-order valence-corrected chi connectivity index (χ3v) is 8.03. The molecule has 4 rings (SSSR count). The van der Waals surface area contributed by atoms with Crippen molar-refractivity contribution >= 4 is 15.7 Å². The molecule has 1 amide bonds. The quantitative estimate of drug-likeness (QED) is 0.762. The largest absolute Gasteiger partial charge is 0.334 e. The number of carbonyl (C=O) groups excluding carboxylic acids is 1. The van der Waals surface area contributed by atoms with Crippen molar-refractivity contribution in [2.75, 3.05) is 31.1 Å². The molecule has 2 atom stereocenters. The molecule has 7 nitrogen and oxygen atoms in total. The number of nitrogens with zero attached hydrogens (tertiary/aromatic N) is 4. The van der Waals surface area contributed by atoms with Crippen molar-refractivity contribution in [3.63, 3.8) is 0 Å². The first kappa shape index (κ1) is 18.0. The lowest BCUT2D eigenvalue weighted by atomic mass is 10.0. The molecular weight excluding hydrogens is 352 g/mol. The van der Waals surface area contributed by atoms with Crippen molar-refractivity contribution in [3.8, 4) is 0 Å². The average Bonchev–Trinajstić information content (AvgIpc) is 3.27. The van der Waals surface area contributed by atoms with Crippen LogP contribution in [0.2, 0.25) is 0 Å². The summed E-state index contributed by atoms with van der Waals surface area (Å²) in [6, 6.07) is -0.251. The Morgan fingerprint density at radius 2 is 1.81 bits per heavy atom. The van der Waals surface area contributed by atoms with E-state index in [9.17, 15) is 13.2 Å². The summed E-state index contributed by atoms with van der Waals surface area (Å²) in [5, 5.41) is 4.46. The molecule has 0 spiro atoms. The third-order valence-electron chi connectivity index (χ3n) is 6.33. The van der Waals surface area contributed by atoms with Gasteiger partial charge in [0.05, 0.1) is 23.2 Å². The van der Waals surface area contributed by atoms with Gasteiger partial charge in [0.25, 0.3) is 0 Å². The lowest BCUT2D eigenvalue weighted by molar-refractivity contribution is -0.137. The zero-order valence-electron chi connectivity index (χ0n) is 15.8. The van der Waals surface area contributed by atoms with E-state index in [-0.39, 0.29) is 36.0 Å². The summed E-state index contributed by atoms with van der Waals surface area (Å²) >= 11 is 0. The van der Waals surface area contributed by atoms with Gasteiger partial charge in [-0.25, -0.2) is 8.42 Å². The van der Waals surface area contributed by atoms with E-state index in [1.165, 1.54) is 12.8 Å². The van der Waals surface area contributed by atoms with Gasteiger partial charge in [-0.05, 0) is 45.1 Å². The molecule has 0 bridgehead atoms. The number of rotatable bonds is 4. The third kappa shape index (κ3) is 3.29. The topological polar surface area (TPSA) is 75.5 Å². The fourth-order valence-electron chi connectivity index (χ4n) is 4.35. The molecule has 0 radical (unpaired) electrons. The lowest BCUT2D eigenvalue weighted by Crippen LogP contribution is -2.61. The minimum atomic E-state index is -3.09. The summed E-state index contributed by atoms with van der Waals surface area (Å²) in [5.41, 5.74) is 3.04. The van der Waals surface area contributed by atoms with Gasteiger partial charge in [0.2, 0.25) is 5.91 Å². The van der Waals surface area contributed by atoms with Crippen LogP contribution in [0.3, 0.4) is 0 Å². The Balaban J connectivity index is 1.52. The van der Waals surface area contributed by atoms with Crippen LogP contribution in [0.1, 0.15) is 29.8 Å². The maximum Gasteiger partial charge on any atom is 0.244 e. The van der Waals surface area contributed by atoms with Crippen LogP contribution in [0.5, 0.6) is 0 Å². The van der Waals surface area contributed by atoms with Gasteiger partial charge in [-0.3, -0.25) is 14.4 Å². The number of sulfone groups is 1. The highest BCUT2D eigenvalue weighted by Gasteiger charge is 2.48. The van der Waals surface area contributed by atoms with Gasteiger partial charge in [-0.1, -0.05) is 0 Å². The molecule has 3 heterocycles. The van der Waals surface area contributed by atoms with Crippen LogP contribution in [-0.2, 0) is 21.2 Å². The van der Waals surface area contributed by atoms with Crippen molar-refractivity contribution in [2.24, 2.45) is 5.92 Å². The number of aromatic nitrogens is 2. The van der Waals surface area contributed by atoms with E-state index in [2.05, 4.69) is 10.00 Å². The highest BCUT2D eigenvalue weighted by atomic mass is 32.2. The maximum atomic E-state index is 13.0. The van der Waals surface area contributed by atoms with Crippen molar-refractivity contribution in [1.82, 2.24) is 19.6 Å². The minimum Gasteiger partial charge on any atom is -0.334 e. The van der Waals surface area contributed by atoms with E-state index < -0.39 is 9.84 Å². The predicted molar refractivity (Wildman–Crippen MR) is 98.7 cm³/mol. The fraction of sp³-hybridized carbons (Fsp3) is 0.778. The highest BCUT2D eigenvalue weighted by molar-refractivity contribution is 7.91. The number of hydrogen-bond acceptors (Lipinski definition) is 5. The molecule has 144 valence electrons. The van der Waals surface area contributed by atoms with Gasteiger partial charge in [-0.15, -0.1) is 0 Å². The number of amides is 1. The van der Waals surface area contributed by atoms with Crippen molar-refractivity contribution in [1.29, 1.82) is 0 Å². The second-order valence-electron chi connectivity index (χ2n) is 8.19. The second-order valence-corrected chi connectivity index (χ2v) is 10.3. The Labute approximate surface area is 155 Å². The normalized spacial score (nSPS) is 28.3. The Hall–Kier alpha value is -1.41. The summed E-state index contributed by atoms with van der Waals surface area (Å²) in [4.78, 5) is 17.1. The zero-order chi connectivity index (χ0) is 18.6. The summed E-state index contributed by atoms with van der Waals surface area (Å²) < 4.78 is 26.3. The Kier molecular flexibility index (Phi) is 4.38. The SMILES string of the molecule is Cc1nn(CC(=O)N2CCN(CC3CC3)C3CS(=O)(=O)CC32)c(C)c1C. The van der Waals surface area contributed by atoms with E-state index in [0.29, 0.717) is 6.54 Å². The van der Waals surface area contributed by atoms with Crippen LogP contribution in [0, 0.1) is 26.7 Å². The summed E-state index contributed by atoms with van der Waals surface area (Å²) in [6.45, 7) is 8.48. The van der Waals surface area contributed by atoms with E-state index in [1.807, 2.05) is 25.7 Å². The molecule has 3 aliphatic rings. The predicted octanol–water partition coefficient (Wildman–Crippen LogP) is 0.528. The number of piperazine rings is 1. The molecule has 1 aliphatic carbocycles. The van der Waals surface area contributed by atoms with Crippen molar-refractivity contribution < 1.29 is 13.2 Å². The summed E-state index contributed by atoms with van der Waals surface area (Å²) in [7, 11) is -3.09. The van der Waals surface area contributed by atoms with E-state index >= 15 is 0 Å². The number of carbonyl (C=O) groups is 1. The van der Waals surface area contributed by atoms with Crippen LogP contribution in [-0.4, -0.2) is 77.1 Å². The Morgan fingerprint density at radius 1 is 1.12 bits per heavy atom. The van der Waals surface area contributed by atoms with E-state index in [1.54, 1.807) is 4.68 Å². The average molecular weight is 381 g/mol. The molecular formula is C18H28N4O3S. The molecule has 0 N–H and O–H groups in total. The molecule has 8 heteroatoms. The van der Waals surface area contributed by atoms with Gasteiger partial charge in [0, 0.05) is 31.4 Å². The van der Waals surface area contributed by atoms with Gasteiger partial charge in [0.15, 0.2) is 9.84 Å². The second kappa shape index (κ2) is 6.34. The van der Waals surface area contributed by atoms with Crippen LogP contribution in [0.15, 0.2) is 0 Å². The zero-order valence-corrected chi connectivity index (χ0v) is 16.6. The van der Waals surface area contributed by atoms with Crippen LogP contribution >= 0.6 is 0 Å². The van der Waals surface area contributed by atoms with Gasteiger partial charge < -0.3 is 4.90 Å². The molecule has 26 heavy (non-hydrogen) atoms. The van der Waals surface area contributed by atoms with Gasteiger partial charge >= 0.3 is 0 Å². The fourth-order valence-corrected chi connectivity index (χ4v) is 6.36. The monoisotopic (exact) mass is 380 g/mol. The number of aryl methyl sites for hydroxylation is 1. The van der Waals surface area contributed by atoms with Crippen molar-refractivity contribution in [3.05, 3.63) is 17.0 Å². The summed E-state index contributed by atoms with van der Waals surface area (Å²) in [6.07, 6.45) is 2.50.